The van der Waals surface area contributed by atoms with E-state index < -0.39 is 17.7 Å². The molecule has 0 aromatic carbocycles. The summed E-state index contributed by atoms with van der Waals surface area (Å²) >= 11 is 0. The van der Waals surface area contributed by atoms with Crippen LogP contribution in [0.4, 0.5) is 0 Å². The molecule has 1 saturated carbocycles. The van der Waals surface area contributed by atoms with Crippen LogP contribution in [0.15, 0.2) is 0 Å². The Morgan fingerprint density at radius 3 is 2.47 bits per heavy atom. The first-order chi connectivity index (χ1) is 15.2. The molecule has 1 aliphatic carbocycles. The maximum atomic E-state index is 6.48. The standard InChI is InChI=1S/C25H46N2O5/c1-16(2)27(17(3)4)14-12-26-13-15-28-22-19(6)21-9-8-18(5)20-10-11-24(7)30-23(29-22)25(20,21)32-31-24/h16-23,26H,8-15H2,1-7H3/t18-,19-,20?,21?,22+,23-,24?,25-/m1/s1. The molecule has 186 valence electrons. The minimum atomic E-state index is -0.733. The van der Waals surface area contributed by atoms with E-state index in [1.165, 1.54) is 6.42 Å². The summed E-state index contributed by atoms with van der Waals surface area (Å²) in [6.07, 6.45) is 3.50. The van der Waals surface area contributed by atoms with Crippen LogP contribution in [0, 0.1) is 23.7 Å². The lowest BCUT2D eigenvalue weighted by Crippen LogP contribution is -2.70. The number of fused-ring (bicyclic) bond motifs is 2. The zero-order chi connectivity index (χ0) is 23.1. The summed E-state index contributed by atoms with van der Waals surface area (Å²) in [5.74, 6) is 0.783. The predicted octanol–water partition coefficient (Wildman–Crippen LogP) is 3.92. The van der Waals surface area contributed by atoms with E-state index in [1.807, 2.05) is 6.92 Å². The monoisotopic (exact) mass is 454 g/mol. The van der Waals surface area contributed by atoms with Gasteiger partial charge in [-0.15, -0.1) is 0 Å². The molecule has 5 rings (SSSR count). The van der Waals surface area contributed by atoms with Crippen LogP contribution in [0.3, 0.4) is 0 Å². The SMILES string of the molecule is CC(C)N(CCNCCO[C@H]1O[C@@H]2OC3(C)CCC4[C@H](C)CCC([C@H]1C)[C@]42OO3)C(C)C. The number of rotatable bonds is 9. The maximum Gasteiger partial charge on any atom is 0.201 e. The molecule has 1 spiro atoms. The van der Waals surface area contributed by atoms with Gasteiger partial charge in [0, 0.05) is 50.0 Å². The Labute approximate surface area is 194 Å². The van der Waals surface area contributed by atoms with Crippen LogP contribution in [-0.4, -0.2) is 67.2 Å². The summed E-state index contributed by atoms with van der Waals surface area (Å²) < 4.78 is 19.1. The molecule has 5 aliphatic rings. The van der Waals surface area contributed by atoms with Gasteiger partial charge < -0.3 is 19.5 Å². The summed E-state index contributed by atoms with van der Waals surface area (Å²) in [5.41, 5.74) is -0.512. The Kier molecular flexibility index (Phi) is 7.58. The third-order valence-electron chi connectivity index (χ3n) is 8.53. The van der Waals surface area contributed by atoms with E-state index in [4.69, 9.17) is 24.0 Å². The highest BCUT2D eigenvalue weighted by atomic mass is 17.3. The lowest BCUT2D eigenvalue weighted by Gasteiger charge is -2.60. The molecule has 0 aromatic heterocycles. The second-order valence-corrected chi connectivity index (χ2v) is 11.3. The molecule has 0 aromatic rings. The number of hydrogen-bond acceptors (Lipinski definition) is 7. The van der Waals surface area contributed by atoms with Crippen molar-refractivity contribution < 1.29 is 24.0 Å². The first kappa shape index (κ1) is 24.8. The van der Waals surface area contributed by atoms with Crippen molar-refractivity contribution in [3.05, 3.63) is 0 Å². The lowest BCUT2D eigenvalue weighted by atomic mass is 9.58. The van der Waals surface area contributed by atoms with E-state index in [-0.39, 0.29) is 12.2 Å². The van der Waals surface area contributed by atoms with Crippen molar-refractivity contribution >= 4 is 0 Å². The van der Waals surface area contributed by atoms with Gasteiger partial charge in [0.05, 0.1) is 6.61 Å². The topological polar surface area (TPSA) is 61.4 Å². The fraction of sp³-hybridized carbons (Fsp3) is 1.00. The summed E-state index contributed by atoms with van der Waals surface area (Å²) in [7, 11) is 0. The Bertz CT molecular complexity index is 625. The normalized spacial score (nSPS) is 43.7. The highest BCUT2D eigenvalue weighted by molar-refractivity contribution is 5.09. The summed E-state index contributed by atoms with van der Waals surface area (Å²) in [4.78, 5) is 14.6. The van der Waals surface area contributed by atoms with E-state index in [1.54, 1.807) is 0 Å². The number of hydrogen-bond donors (Lipinski definition) is 1. The predicted molar refractivity (Wildman–Crippen MR) is 123 cm³/mol. The van der Waals surface area contributed by atoms with Crippen LogP contribution in [0.5, 0.6) is 0 Å². The zero-order valence-corrected chi connectivity index (χ0v) is 21.3. The number of nitrogens with zero attached hydrogens (tertiary/aromatic N) is 1. The quantitative estimate of drug-likeness (QED) is 0.418. The second-order valence-electron chi connectivity index (χ2n) is 11.3. The van der Waals surface area contributed by atoms with E-state index >= 15 is 0 Å². The molecule has 0 amide bonds. The molecule has 5 fully saturated rings. The molecular formula is C25H46N2O5. The molecule has 7 heteroatoms. The van der Waals surface area contributed by atoms with Gasteiger partial charge in [-0.25, -0.2) is 9.78 Å². The summed E-state index contributed by atoms with van der Waals surface area (Å²) in [5, 5.41) is 3.53. The first-order valence-corrected chi connectivity index (χ1v) is 13.0. The van der Waals surface area contributed by atoms with Crippen LogP contribution in [-0.2, 0) is 24.0 Å². The van der Waals surface area contributed by atoms with E-state index in [2.05, 4.69) is 51.8 Å². The number of ether oxygens (including phenoxy) is 3. The second kappa shape index (κ2) is 9.76. The minimum absolute atomic E-state index is 0.230. The third kappa shape index (κ3) is 4.51. The van der Waals surface area contributed by atoms with Gasteiger partial charge in [-0.1, -0.05) is 13.8 Å². The molecule has 8 atom stereocenters. The van der Waals surface area contributed by atoms with Gasteiger partial charge in [0.1, 0.15) is 0 Å². The van der Waals surface area contributed by atoms with E-state index in [0.717, 1.165) is 38.9 Å². The van der Waals surface area contributed by atoms with Crippen molar-refractivity contribution in [2.75, 3.05) is 26.2 Å². The number of nitrogens with one attached hydrogen (secondary N) is 1. The Hall–Kier alpha value is -0.280. The van der Waals surface area contributed by atoms with Crippen molar-refractivity contribution in [1.29, 1.82) is 0 Å². The van der Waals surface area contributed by atoms with E-state index in [0.29, 0.717) is 36.4 Å². The Morgan fingerprint density at radius 2 is 1.75 bits per heavy atom. The Balaban J connectivity index is 1.33. The zero-order valence-electron chi connectivity index (χ0n) is 21.3. The van der Waals surface area contributed by atoms with Crippen molar-refractivity contribution in [3.63, 3.8) is 0 Å². The average molecular weight is 455 g/mol. The molecule has 3 unspecified atom stereocenters. The molecule has 2 bridgehead atoms. The van der Waals surface area contributed by atoms with Gasteiger partial charge in [-0.3, -0.25) is 4.90 Å². The van der Waals surface area contributed by atoms with Gasteiger partial charge in [-0.2, -0.15) is 0 Å². The fourth-order valence-electron chi connectivity index (χ4n) is 6.76. The van der Waals surface area contributed by atoms with Crippen molar-refractivity contribution in [3.8, 4) is 0 Å². The maximum absolute atomic E-state index is 6.48. The Morgan fingerprint density at radius 1 is 1.00 bits per heavy atom. The van der Waals surface area contributed by atoms with Crippen LogP contribution >= 0.6 is 0 Å². The van der Waals surface area contributed by atoms with Gasteiger partial charge >= 0.3 is 0 Å². The van der Waals surface area contributed by atoms with Crippen LogP contribution in [0.25, 0.3) is 0 Å². The molecular weight excluding hydrogens is 408 g/mol. The first-order valence-electron chi connectivity index (χ1n) is 13.0. The molecule has 4 heterocycles. The molecule has 1 N–H and O–H groups in total. The van der Waals surface area contributed by atoms with Crippen molar-refractivity contribution in [2.24, 2.45) is 23.7 Å². The van der Waals surface area contributed by atoms with Crippen molar-refractivity contribution in [2.45, 2.75) is 110 Å². The van der Waals surface area contributed by atoms with Crippen molar-refractivity contribution in [1.82, 2.24) is 10.2 Å². The molecule has 7 nitrogen and oxygen atoms in total. The van der Waals surface area contributed by atoms with Crippen LogP contribution in [0.1, 0.15) is 74.1 Å². The van der Waals surface area contributed by atoms with Crippen LogP contribution in [0.2, 0.25) is 0 Å². The average Bonchev–Trinajstić information content (AvgIpc) is 2.96. The third-order valence-corrected chi connectivity index (χ3v) is 8.53. The highest BCUT2D eigenvalue weighted by Gasteiger charge is 2.69. The van der Waals surface area contributed by atoms with Gasteiger partial charge in [0.25, 0.3) is 0 Å². The summed E-state index contributed by atoms with van der Waals surface area (Å²) in [6.45, 7) is 19.0. The molecule has 4 saturated heterocycles. The van der Waals surface area contributed by atoms with Gasteiger partial charge in [0.15, 0.2) is 18.2 Å². The van der Waals surface area contributed by atoms with E-state index in [9.17, 15) is 0 Å². The summed E-state index contributed by atoms with van der Waals surface area (Å²) in [6, 6.07) is 1.11. The fourth-order valence-corrected chi connectivity index (χ4v) is 6.76. The largest absolute Gasteiger partial charge is 0.351 e. The smallest absolute Gasteiger partial charge is 0.201 e. The molecule has 4 aliphatic heterocycles. The van der Waals surface area contributed by atoms with Gasteiger partial charge in [-0.05, 0) is 65.7 Å². The highest BCUT2D eigenvalue weighted by Crippen LogP contribution is 2.60. The molecule has 32 heavy (non-hydrogen) atoms. The molecule has 0 radical (unpaired) electrons. The lowest BCUT2D eigenvalue weighted by molar-refractivity contribution is -0.577. The minimum Gasteiger partial charge on any atom is -0.351 e. The van der Waals surface area contributed by atoms with Gasteiger partial charge in [0.2, 0.25) is 5.79 Å². The van der Waals surface area contributed by atoms with Crippen LogP contribution < -0.4 is 5.32 Å².